The van der Waals surface area contributed by atoms with E-state index >= 15 is 0 Å². The van der Waals surface area contributed by atoms with Crippen LogP contribution in [0.3, 0.4) is 0 Å². The third-order valence-corrected chi connectivity index (χ3v) is 5.81. The van der Waals surface area contributed by atoms with Crippen molar-refractivity contribution in [3.8, 4) is 11.1 Å². The first-order chi connectivity index (χ1) is 14.6. The lowest BCUT2D eigenvalue weighted by atomic mass is 9.79. The molecule has 30 heavy (non-hydrogen) atoms. The molecule has 2 amide bonds. The van der Waals surface area contributed by atoms with E-state index in [1.165, 1.54) is 0 Å². The standard InChI is InChI=1S/C25H25N3O2/c1-26-24(30)25(13-15-28(18-25)23(29)22-12-5-6-14-27-22)17-19-8-7-11-21(16-19)20-9-3-2-4-10-20/h2-12,14,16H,13,15,17-18H2,1H3,(H,26,30)/t25-/m1/s1. The van der Waals surface area contributed by atoms with E-state index in [-0.39, 0.29) is 11.8 Å². The SMILES string of the molecule is CNC(=O)[C@@]1(Cc2cccc(-c3ccccc3)c2)CCN(C(=O)c2ccccn2)C1. The number of carbonyl (C=O) groups excluding carboxylic acids is 2. The van der Waals surface area contributed by atoms with Gasteiger partial charge in [-0.2, -0.15) is 0 Å². The van der Waals surface area contributed by atoms with Crippen molar-refractivity contribution in [2.24, 2.45) is 5.41 Å². The molecule has 1 saturated heterocycles. The quantitative estimate of drug-likeness (QED) is 0.713. The van der Waals surface area contributed by atoms with Crippen molar-refractivity contribution in [1.82, 2.24) is 15.2 Å². The van der Waals surface area contributed by atoms with Gasteiger partial charge in [-0.05, 0) is 41.7 Å². The molecule has 0 radical (unpaired) electrons. The van der Waals surface area contributed by atoms with Gasteiger partial charge < -0.3 is 10.2 Å². The summed E-state index contributed by atoms with van der Waals surface area (Å²) in [6.07, 6.45) is 2.82. The van der Waals surface area contributed by atoms with Gasteiger partial charge in [0.2, 0.25) is 5.91 Å². The Labute approximate surface area is 176 Å². The summed E-state index contributed by atoms with van der Waals surface area (Å²) in [4.78, 5) is 31.7. The molecule has 152 valence electrons. The minimum Gasteiger partial charge on any atom is -0.359 e. The van der Waals surface area contributed by atoms with E-state index in [4.69, 9.17) is 0 Å². The van der Waals surface area contributed by atoms with Crippen molar-refractivity contribution >= 4 is 11.8 Å². The molecular formula is C25H25N3O2. The summed E-state index contributed by atoms with van der Waals surface area (Å²) in [5.74, 6) is -0.150. The van der Waals surface area contributed by atoms with Crippen LogP contribution in [0.15, 0.2) is 79.0 Å². The number of nitrogens with zero attached hydrogens (tertiary/aromatic N) is 2. The minimum absolute atomic E-state index is 0.0241. The van der Waals surface area contributed by atoms with Crippen LogP contribution in [-0.4, -0.2) is 41.8 Å². The van der Waals surface area contributed by atoms with E-state index in [1.54, 1.807) is 36.3 Å². The molecule has 0 bridgehead atoms. The van der Waals surface area contributed by atoms with Gasteiger partial charge in [-0.25, -0.2) is 0 Å². The van der Waals surface area contributed by atoms with Gasteiger partial charge in [-0.1, -0.05) is 60.7 Å². The summed E-state index contributed by atoms with van der Waals surface area (Å²) in [5, 5.41) is 2.82. The average molecular weight is 399 g/mol. The molecule has 5 heteroatoms. The van der Waals surface area contributed by atoms with Crippen LogP contribution >= 0.6 is 0 Å². The molecule has 0 spiro atoms. The topological polar surface area (TPSA) is 62.3 Å². The lowest BCUT2D eigenvalue weighted by molar-refractivity contribution is -0.129. The molecule has 1 atom stereocenters. The van der Waals surface area contributed by atoms with Crippen LogP contribution in [0.25, 0.3) is 11.1 Å². The average Bonchev–Trinajstić information content (AvgIpc) is 3.24. The molecule has 3 aromatic rings. The van der Waals surface area contributed by atoms with Crippen molar-refractivity contribution < 1.29 is 9.59 Å². The van der Waals surface area contributed by atoms with Crippen molar-refractivity contribution in [3.63, 3.8) is 0 Å². The maximum atomic E-state index is 12.9. The van der Waals surface area contributed by atoms with Gasteiger partial charge in [0.25, 0.3) is 5.91 Å². The van der Waals surface area contributed by atoms with Crippen LogP contribution < -0.4 is 5.32 Å². The highest BCUT2D eigenvalue weighted by molar-refractivity contribution is 5.93. The van der Waals surface area contributed by atoms with Gasteiger partial charge >= 0.3 is 0 Å². The molecule has 5 nitrogen and oxygen atoms in total. The molecule has 2 aromatic carbocycles. The van der Waals surface area contributed by atoms with Crippen LogP contribution in [-0.2, 0) is 11.2 Å². The molecule has 4 rings (SSSR count). The Hall–Kier alpha value is -3.47. The van der Waals surface area contributed by atoms with E-state index in [1.807, 2.05) is 24.3 Å². The van der Waals surface area contributed by atoms with Crippen molar-refractivity contribution in [2.75, 3.05) is 20.1 Å². The van der Waals surface area contributed by atoms with Gasteiger partial charge in [0.05, 0.1) is 5.41 Å². The first-order valence-electron chi connectivity index (χ1n) is 10.2. The zero-order valence-electron chi connectivity index (χ0n) is 17.0. The number of hydrogen-bond donors (Lipinski definition) is 1. The summed E-state index contributed by atoms with van der Waals surface area (Å²) in [5.41, 5.74) is 3.13. The van der Waals surface area contributed by atoms with Gasteiger partial charge in [-0.3, -0.25) is 14.6 Å². The van der Waals surface area contributed by atoms with Crippen LogP contribution in [0.4, 0.5) is 0 Å². The van der Waals surface area contributed by atoms with E-state index < -0.39 is 5.41 Å². The van der Waals surface area contributed by atoms with E-state index in [0.717, 1.165) is 16.7 Å². The molecular weight excluding hydrogens is 374 g/mol. The van der Waals surface area contributed by atoms with Crippen LogP contribution in [0.2, 0.25) is 0 Å². The van der Waals surface area contributed by atoms with Crippen LogP contribution in [0, 0.1) is 5.41 Å². The smallest absolute Gasteiger partial charge is 0.272 e. The summed E-state index contributed by atoms with van der Waals surface area (Å²) >= 11 is 0. The predicted molar refractivity (Wildman–Crippen MR) is 117 cm³/mol. The fourth-order valence-electron chi connectivity index (χ4n) is 4.25. The van der Waals surface area contributed by atoms with Gasteiger partial charge in [0, 0.05) is 26.3 Å². The number of amides is 2. The number of benzene rings is 2. The summed E-state index contributed by atoms with van der Waals surface area (Å²) in [6.45, 7) is 0.929. The molecule has 1 fully saturated rings. The number of rotatable bonds is 5. The molecule has 1 aliphatic rings. The first-order valence-corrected chi connectivity index (χ1v) is 10.2. The zero-order chi connectivity index (χ0) is 21.0. The summed E-state index contributed by atoms with van der Waals surface area (Å²) in [6, 6.07) is 23.8. The molecule has 1 aliphatic heterocycles. The molecule has 0 saturated carbocycles. The van der Waals surface area contributed by atoms with E-state index in [0.29, 0.717) is 31.6 Å². The van der Waals surface area contributed by atoms with Crippen LogP contribution in [0.1, 0.15) is 22.5 Å². The van der Waals surface area contributed by atoms with Gasteiger partial charge in [-0.15, -0.1) is 0 Å². The lowest BCUT2D eigenvalue weighted by Gasteiger charge is -2.28. The summed E-state index contributed by atoms with van der Waals surface area (Å²) < 4.78 is 0. The van der Waals surface area contributed by atoms with Crippen molar-refractivity contribution in [1.29, 1.82) is 0 Å². The Morgan fingerprint density at radius 3 is 2.50 bits per heavy atom. The maximum Gasteiger partial charge on any atom is 0.272 e. The Kier molecular flexibility index (Phi) is 5.61. The molecule has 0 aliphatic carbocycles. The van der Waals surface area contributed by atoms with Crippen LogP contribution in [0.5, 0.6) is 0 Å². The number of likely N-dealkylation sites (tertiary alicyclic amines) is 1. The Bertz CT molecular complexity index is 1040. The number of hydrogen-bond acceptors (Lipinski definition) is 3. The lowest BCUT2D eigenvalue weighted by Crippen LogP contribution is -2.44. The number of aromatic nitrogens is 1. The third kappa shape index (κ3) is 3.96. The largest absolute Gasteiger partial charge is 0.359 e. The number of carbonyl (C=O) groups is 2. The first kappa shape index (κ1) is 19.8. The number of nitrogens with one attached hydrogen (secondary N) is 1. The monoisotopic (exact) mass is 399 g/mol. The Balaban J connectivity index is 1.59. The second-order valence-corrected chi connectivity index (χ2v) is 7.79. The highest BCUT2D eigenvalue weighted by Gasteiger charge is 2.45. The number of pyridine rings is 1. The second kappa shape index (κ2) is 8.49. The minimum atomic E-state index is -0.644. The van der Waals surface area contributed by atoms with E-state index in [9.17, 15) is 9.59 Å². The highest BCUT2D eigenvalue weighted by Crippen LogP contribution is 2.36. The molecule has 1 aromatic heterocycles. The zero-order valence-corrected chi connectivity index (χ0v) is 17.0. The Morgan fingerprint density at radius 2 is 1.77 bits per heavy atom. The van der Waals surface area contributed by atoms with Crippen molar-refractivity contribution in [3.05, 3.63) is 90.3 Å². The van der Waals surface area contributed by atoms with Crippen molar-refractivity contribution in [2.45, 2.75) is 12.8 Å². The van der Waals surface area contributed by atoms with Gasteiger partial charge in [0.1, 0.15) is 5.69 Å². The normalized spacial score (nSPS) is 18.2. The third-order valence-electron chi connectivity index (χ3n) is 5.81. The molecule has 0 unspecified atom stereocenters. The second-order valence-electron chi connectivity index (χ2n) is 7.79. The Morgan fingerprint density at radius 1 is 1.00 bits per heavy atom. The summed E-state index contributed by atoms with van der Waals surface area (Å²) in [7, 11) is 1.66. The van der Waals surface area contributed by atoms with E-state index in [2.05, 4.69) is 40.6 Å². The molecule has 2 heterocycles. The fraction of sp³-hybridized carbons (Fsp3) is 0.240. The fourth-order valence-corrected chi connectivity index (χ4v) is 4.25. The van der Waals surface area contributed by atoms with Gasteiger partial charge in [0.15, 0.2) is 0 Å². The molecule has 1 N–H and O–H groups in total. The highest BCUT2D eigenvalue weighted by atomic mass is 16.2. The predicted octanol–water partition coefficient (Wildman–Crippen LogP) is 3.57. The maximum absolute atomic E-state index is 12.9.